The van der Waals surface area contributed by atoms with E-state index in [1.54, 1.807) is 60.3 Å². The summed E-state index contributed by atoms with van der Waals surface area (Å²) in [5, 5.41) is 4.75. The number of hydrogen-bond acceptors (Lipinski definition) is 7. The first-order valence-corrected chi connectivity index (χ1v) is 18.4. The number of carbonyl (C=O) groups excluding carboxylic acids is 1. The van der Waals surface area contributed by atoms with E-state index in [9.17, 15) is 21.6 Å². The highest BCUT2D eigenvalue weighted by Gasteiger charge is 2.31. The molecule has 12 heteroatoms. The zero-order valence-electron chi connectivity index (χ0n) is 24.3. The second-order valence-corrected chi connectivity index (χ2v) is 15.9. The van der Waals surface area contributed by atoms with Crippen LogP contribution in [0.2, 0.25) is 0 Å². The van der Waals surface area contributed by atoms with Crippen molar-refractivity contribution in [2.75, 3.05) is 54.6 Å². The van der Waals surface area contributed by atoms with Gasteiger partial charge in [-0.2, -0.15) is 4.31 Å². The van der Waals surface area contributed by atoms with Gasteiger partial charge in [0.15, 0.2) is 0 Å². The van der Waals surface area contributed by atoms with Gasteiger partial charge in [-0.1, -0.05) is 48.0 Å². The van der Waals surface area contributed by atoms with E-state index in [-0.39, 0.29) is 17.2 Å². The van der Waals surface area contributed by atoms with Crippen LogP contribution in [-0.2, 0) is 24.8 Å². The van der Waals surface area contributed by atoms with Gasteiger partial charge in [0.1, 0.15) is 0 Å². The number of nitrogens with zero attached hydrogens (tertiary/aromatic N) is 3. The van der Waals surface area contributed by atoms with Gasteiger partial charge in [-0.15, -0.1) is 11.8 Å². The highest BCUT2D eigenvalue weighted by Crippen LogP contribution is 2.39. The van der Waals surface area contributed by atoms with Crippen molar-refractivity contribution in [1.82, 2.24) is 9.21 Å². The van der Waals surface area contributed by atoms with E-state index in [0.717, 1.165) is 21.2 Å². The van der Waals surface area contributed by atoms with Crippen LogP contribution in [0.4, 0.5) is 11.4 Å². The third-order valence-electron chi connectivity index (χ3n) is 8.02. The predicted molar refractivity (Wildman–Crippen MR) is 175 cm³/mol. The number of nitrogens with one attached hydrogen (secondary N) is 1. The molecule has 0 unspecified atom stereocenters. The minimum atomic E-state index is -3.82. The van der Waals surface area contributed by atoms with Crippen molar-refractivity contribution in [3.63, 3.8) is 0 Å². The van der Waals surface area contributed by atoms with Crippen molar-refractivity contribution in [3.05, 3.63) is 90.5 Å². The van der Waals surface area contributed by atoms with E-state index in [1.807, 2.05) is 43.3 Å². The molecule has 0 aliphatic carbocycles. The predicted octanol–water partition coefficient (Wildman–Crippen LogP) is 4.78. The molecule has 0 bridgehead atoms. The quantitative estimate of drug-likeness (QED) is 0.293. The number of fused-ring (bicyclic) bond motifs is 2. The molecule has 4 aromatic carbocycles. The first kappa shape index (κ1) is 30.6. The minimum absolute atomic E-state index is 0.188. The third kappa shape index (κ3) is 6.36. The Hall–Kier alpha value is -3.42. The number of benzene rings is 4. The van der Waals surface area contributed by atoms with E-state index < -0.39 is 20.0 Å². The van der Waals surface area contributed by atoms with Gasteiger partial charge in [0, 0.05) is 62.0 Å². The van der Waals surface area contributed by atoms with Crippen molar-refractivity contribution in [2.45, 2.75) is 28.0 Å². The van der Waals surface area contributed by atoms with Gasteiger partial charge in [-0.25, -0.2) is 16.8 Å². The summed E-state index contributed by atoms with van der Waals surface area (Å²) in [7, 11) is -7.36. The molecule has 230 valence electrons. The molecule has 9 nitrogen and oxygen atoms in total. The Morgan fingerprint density at radius 2 is 1.48 bits per heavy atom. The summed E-state index contributed by atoms with van der Waals surface area (Å²) in [6, 6.07) is 25.1. The third-order valence-corrected chi connectivity index (χ3v) is 12.8. The summed E-state index contributed by atoms with van der Waals surface area (Å²) < 4.78 is 56.5. The zero-order valence-corrected chi connectivity index (χ0v) is 26.8. The van der Waals surface area contributed by atoms with Crippen LogP contribution in [0.3, 0.4) is 0 Å². The number of piperazine rings is 1. The van der Waals surface area contributed by atoms with Crippen molar-refractivity contribution in [1.29, 1.82) is 0 Å². The number of rotatable bonds is 8. The maximum absolute atomic E-state index is 13.8. The first-order chi connectivity index (χ1) is 21.1. The summed E-state index contributed by atoms with van der Waals surface area (Å²) in [4.78, 5) is 16.4. The molecule has 1 amide bonds. The monoisotopic (exact) mass is 650 g/mol. The SMILES string of the molecule is Cc1ccc(S(=O)(=O)N2CCN(CCC(=O)Nc3ccc4c(c3)N(S(=O)(=O)c3ccc5ccccc5c3)CCS4)CC2)cc1. The normalized spacial score (nSPS) is 16.5. The summed E-state index contributed by atoms with van der Waals surface area (Å²) in [6.07, 6.45) is 0.232. The second-order valence-electron chi connectivity index (χ2n) is 11.0. The standard InChI is InChI=1S/C32H34N4O5S3/c1-24-6-10-28(11-7-24)43(38,39)35-18-16-34(17-19-35)15-14-32(37)33-27-9-13-31-30(23-27)36(20-21-42-31)44(40,41)29-12-8-25-4-2-3-5-26(25)22-29/h2-13,22-23H,14-21H2,1H3,(H,33,37). The molecular formula is C32H34N4O5S3. The Balaban J connectivity index is 1.08. The number of anilines is 2. The summed E-state index contributed by atoms with van der Waals surface area (Å²) >= 11 is 1.59. The van der Waals surface area contributed by atoms with Gasteiger partial charge in [-0.05, 0) is 60.2 Å². The molecule has 1 fully saturated rings. The lowest BCUT2D eigenvalue weighted by atomic mass is 10.1. The van der Waals surface area contributed by atoms with E-state index in [1.165, 1.54) is 8.61 Å². The highest BCUT2D eigenvalue weighted by molar-refractivity contribution is 8.00. The van der Waals surface area contributed by atoms with Crippen LogP contribution in [-0.4, -0.2) is 77.0 Å². The number of hydrogen-bond donors (Lipinski definition) is 1. The molecule has 0 saturated carbocycles. The van der Waals surface area contributed by atoms with Crippen LogP contribution in [0.15, 0.2) is 99.6 Å². The van der Waals surface area contributed by atoms with Gasteiger partial charge in [0.05, 0.1) is 15.5 Å². The Morgan fingerprint density at radius 3 is 2.23 bits per heavy atom. The molecule has 0 aromatic heterocycles. The topological polar surface area (TPSA) is 107 Å². The van der Waals surface area contributed by atoms with Crippen LogP contribution in [0.5, 0.6) is 0 Å². The Bertz CT molecular complexity index is 1910. The van der Waals surface area contributed by atoms with Crippen molar-refractivity contribution >= 4 is 59.9 Å². The Labute approximate surface area is 263 Å². The largest absolute Gasteiger partial charge is 0.326 e. The van der Waals surface area contributed by atoms with E-state index >= 15 is 0 Å². The lowest BCUT2D eigenvalue weighted by Crippen LogP contribution is -2.49. The number of aryl methyl sites for hydroxylation is 1. The molecule has 4 aromatic rings. The Morgan fingerprint density at radius 1 is 0.773 bits per heavy atom. The van der Waals surface area contributed by atoms with Crippen molar-refractivity contribution in [3.8, 4) is 0 Å². The fraction of sp³-hybridized carbons (Fsp3) is 0.281. The van der Waals surface area contributed by atoms with Crippen molar-refractivity contribution in [2.24, 2.45) is 0 Å². The molecule has 1 saturated heterocycles. The van der Waals surface area contributed by atoms with Gasteiger partial charge in [0.25, 0.3) is 10.0 Å². The van der Waals surface area contributed by atoms with Crippen LogP contribution in [0, 0.1) is 6.92 Å². The zero-order chi connectivity index (χ0) is 30.9. The fourth-order valence-corrected chi connectivity index (χ4v) is 9.59. The molecule has 44 heavy (non-hydrogen) atoms. The number of carbonyl (C=O) groups is 1. The molecule has 0 atom stereocenters. The van der Waals surface area contributed by atoms with Crippen LogP contribution in [0.1, 0.15) is 12.0 Å². The summed E-state index contributed by atoms with van der Waals surface area (Å²) in [5.74, 6) is 0.442. The van der Waals surface area contributed by atoms with Gasteiger partial charge in [-0.3, -0.25) is 9.10 Å². The van der Waals surface area contributed by atoms with Gasteiger partial charge >= 0.3 is 0 Å². The van der Waals surface area contributed by atoms with E-state index in [0.29, 0.717) is 61.3 Å². The highest BCUT2D eigenvalue weighted by atomic mass is 32.2. The number of amides is 1. The molecule has 1 N–H and O–H groups in total. The molecule has 0 spiro atoms. The fourth-order valence-electron chi connectivity index (χ4n) is 5.51. The molecule has 2 aliphatic rings. The lowest BCUT2D eigenvalue weighted by molar-refractivity contribution is -0.116. The van der Waals surface area contributed by atoms with Gasteiger partial charge < -0.3 is 10.2 Å². The van der Waals surface area contributed by atoms with Crippen molar-refractivity contribution < 1.29 is 21.6 Å². The molecule has 6 rings (SSSR count). The Kier molecular flexibility index (Phi) is 8.71. The van der Waals surface area contributed by atoms with E-state index in [4.69, 9.17) is 0 Å². The second kappa shape index (κ2) is 12.5. The summed E-state index contributed by atoms with van der Waals surface area (Å²) in [6.45, 7) is 4.54. The maximum Gasteiger partial charge on any atom is 0.264 e. The van der Waals surface area contributed by atoms with Crippen LogP contribution < -0.4 is 9.62 Å². The summed E-state index contributed by atoms with van der Waals surface area (Å²) in [5.41, 5.74) is 2.09. The first-order valence-electron chi connectivity index (χ1n) is 14.5. The molecule has 2 heterocycles. The molecule has 2 aliphatic heterocycles. The number of thioether (sulfide) groups is 1. The number of sulfonamides is 2. The maximum atomic E-state index is 13.8. The van der Waals surface area contributed by atoms with Crippen LogP contribution >= 0.6 is 11.8 Å². The smallest absolute Gasteiger partial charge is 0.264 e. The minimum Gasteiger partial charge on any atom is -0.326 e. The van der Waals surface area contributed by atoms with Gasteiger partial charge in [0.2, 0.25) is 15.9 Å². The van der Waals surface area contributed by atoms with Crippen LogP contribution in [0.25, 0.3) is 10.8 Å². The average molecular weight is 651 g/mol. The molecular weight excluding hydrogens is 617 g/mol. The average Bonchev–Trinajstić information content (AvgIpc) is 3.03. The van der Waals surface area contributed by atoms with E-state index in [2.05, 4.69) is 10.2 Å². The molecule has 0 radical (unpaired) electrons. The lowest BCUT2D eigenvalue weighted by Gasteiger charge is -2.33.